The van der Waals surface area contributed by atoms with Gasteiger partial charge in [-0.25, -0.2) is 0 Å². The molecule has 6 heteroatoms. The van der Waals surface area contributed by atoms with Crippen LogP contribution in [0.2, 0.25) is 5.02 Å². The number of nitrogens with one attached hydrogen (secondary N) is 1. The molecule has 1 N–H and O–H groups in total. The van der Waals surface area contributed by atoms with Crippen LogP contribution in [0.4, 0.5) is 11.4 Å². The van der Waals surface area contributed by atoms with Crippen LogP contribution < -0.4 is 10.2 Å². The summed E-state index contributed by atoms with van der Waals surface area (Å²) in [7, 11) is 0. The van der Waals surface area contributed by atoms with E-state index in [4.69, 9.17) is 11.6 Å². The van der Waals surface area contributed by atoms with Crippen LogP contribution in [0.5, 0.6) is 0 Å². The molecule has 0 radical (unpaired) electrons. The van der Waals surface area contributed by atoms with Gasteiger partial charge >= 0.3 is 0 Å². The molecule has 0 aliphatic carbocycles. The zero-order valence-electron chi connectivity index (χ0n) is 10.4. The van der Waals surface area contributed by atoms with E-state index in [0.717, 1.165) is 13.1 Å². The molecule has 0 spiro atoms. The van der Waals surface area contributed by atoms with Crippen molar-refractivity contribution in [1.29, 1.82) is 0 Å². The van der Waals surface area contributed by atoms with E-state index in [0.29, 0.717) is 22.8 Å². The van der Waals surface area contributed by atoms with Gasteiger partial charge in [0, 0.05) is 36.3 Å². The van der Waals surface area contributed by atoms with Gasteiger partial charge in [-0.05, 0) is 26.0 Å². The molecule has 0 saturated carbocycles. The molecule has 18 heavy (non-hydrogen) atoms. The first-order chi connectivity index (χ1) is 8.47. The summed E-state index contributed by atoms with van der Waals surface area (Å²) in [6, 6.07) is 5.29. The van der Waals surface area contributed by atoms with E-state index in [1.165, 1.54) is 6.07 Å². The van der Waals surface area contributed by atoms with Crippen LogP contribution in [0.15, 0.2) is 18.2 Å². The van der Waals surface area contributed by atoms with E-state index >= 15 is 0 Å². The molecule has 1 heterocycles. The Morgan fingerprint density at radius 1 is 1.39 bits per heavy atom. The zero-order valence-corrected chi connectivity index (χ0v) is 11.1. The minimum absolute atomic E-state index is 0.112. The molecule has 0 bridgehead atoms. The zero-order chi connectivity index (χ0) is 13.3. The van der Waals surface area contributed by atoms with Gasteiger partial charge in [0.25, 0.3) is 5.69 Å². The first-order valence-electron chi connectivity index (χ1n) is 5.92. The number of piperazine rings is 1. The van der Waals surface area contributed by atoms with Crippen molar-refractivity contribution in [3.05, 3.63) is 33.3 Å². The summed E-state index contributed by atoms with van der Waals surface area (Å²) in [5, 5.41) is 15.0. The summed E-state index contributed by atoms with van der Waals surface area (Å²) >= 11 is 5.95. The van der Waals surface area contributed by atoms with Crippen molar-refractivity contribution in [1.82, 2.24) is 5.32 Å². The molecule has 2 atom stereocenters. The number of anilines is 1. The summed E-state index contributed by atoms with van der Waals surface area (Å²) < 4.78 is 0. The standard InChI is InChI=1S/C12H16ClN3O2/c1-8-6-15(7-9(2)14-8)12-5-10(13)3-4-11(12)16(17)18/h3-5,8-9,14H,6-7H2,1-2H3/t8-,9-/m1/s1. The number of benzene rings is 1. The molecule has 0 aromatic heterocycles. The van der Waals surface area contributed by atoms with Crippen LogP contribution in [-0.2, 0) is 0 Å². The molecule has 0 amide bonds. The Morgan fingerprint density at radius 3 is 2.56 bits per heavy atom. The number of hydrogen-bond acceptors (Lipinski definition) is 4. The Labute approximate surface area is 111 Å². The third kappa shape index (κ3) is 2.73. The lowest BCUT2D eigenvalue weighted by atomic mass is 10.1. The quantitative estimate of drug-likeness (QED) is 0.662. The van der Waals surface area contributed by atoms with Crippen molar-refractivity contribution >= 4 is 23.0 Å². The van der Waals surface area contributed by atoms with Crippen molar-refractivity contribution in [3.8, 4) is 0 Å². The highest BCUT2D eigenvalue weighted by Crippen LogP contribution is 2.32. The fourth-order valence-electron chi connectivity index (χ4n) is 2.43. The second kappa shape index (κ2) is 5.12. The van der Waals surface area contributed by atoms with E-state index in [1.807, 2.05) is 4.90 Å². The van der Waals surface area contributed by atoms with Crippen LogP contribution in [0.25, 0.3) is 0 Å². The molecule has 1 saturated heterocycles. The summed E-state index contributed by atoms with van der Waals surface area (Å²) in [5.74, 6) is 0. The average molecular weight is 270 g/mol. The number of halogens is 1. The van der Waals surface area contributed by atoms with Gasteiger partial charge in [0.15, 0.2) is 0 Å². The number of nitro groups is 1. The lowest BCUT2D eigenvalue weighted by Gasteiger charge is -2.37. The Bertz CT molecular complexity index is 457. The van der Waals surface area contributed by atoms with Gasteiger partial charge in [0.05, 0.1) is 4.92 Å². The number of nitro benzene ring substituents is 1. The molecule has 2 rings (SSSR count). The molecule has 1 aliphatic heterocycles. The Hall–Kier alpha value is -1.33. The molecule has 1 aliphatic rings. The molecule has 1 aromatic carbocycles. The van der Waals surface area contributed by atoms with Gasteiger partial charge < -0.3 is 10.2 Å². The molecule has 5 nitrogen and oxygen atoms in total. The fraction of sp³-hybridized carbons (Fsp3) is 0.500. The Balaban J connectivity index is 2.36. The van der Waals surface area contributed by atoms with Crippen LogP contribution >= 0.6 is 11.6 Å². The Kier molecular flexibility index (Phi) is 3.73. The number of rotatable bonds is 2. The SMILES string of the molecule is C[C@@H]1CN(c2cc(Cl)ccc2[N+](=O)[O-])C[C@@H](C)N1. The van der Waals surface area contributed by atoms with E-state index in [1.54, 1.807) is 12.1 Å². The van der Waals surface area contributed by atoms with Crippen molar-refractivity contribution in [3.63, 3.8) is 0 Å². The van der Waals surface area contributed by atoms with Crippen molar-refractivity contribution in [2.24, 2.45) is 0 Å². The normalized spacial score (nSPS) is 24.1. The highest BCUT2D eigenvalue weighted by Gasteiger charge is 2.26. The van der Waals surface area contributed by atoms with E-state index in [-0.39, 0.29) is 10.6 Å². The first-order valence-corrected chi connectivity index (χ1v) is 6.30. The van der Waals surface area contributed by atoms with Gasteiger partial charge in [-0.1, -0.05) is 11.6 Å². The second-order valence-electron chi connectivity index (χ2n) is 4.76. The van der Waals surface area contributed by atoms with Crippen molar-refractivity contribution in [2.45, 2.75) is 25.9 Å². The third-order valence-electron chi connectivity index (χ3n) is 3.03. The lowest BCUT2D eigenvalue weighted by Crippen LogP contribution is -2.54. The minimum Gasteiger partial charge on any atom is -0.363 e. The maximum atomic E-state index is 11.1. The van der Waals surface area contributed by atoms with E-state index in [9.17, 15) is 10.1 Å². The fourth-order valence-corrected chi connectivity index (χ4v) is 2.59. The van der Waals surface area contributed by atoms with Crippen LogP contribution in [0, 0.1) is 10.1 Å². The van der Waals surface area contributed by atoms with Crippen LogP contribution in [0.3, 0.4) is 0 Å². The maximum absolute atomic E-state index is 11.1. The van der Waals surface area contributed by atoms with Crippen molar-refractivity contribution < 1.29 is 4.92 Å². The third-order valence-corrected chi connectivity index (χ3v) is 3.27. The predicted octanol–water partition coefficient (Wildman–Crippen LogP) is 2.43. The molecule has 98 valence electrons. The monoisotopic (exact) mass is 269 g/mol. The van der Waals surface area contributed by atoms with Crippen molar-refractivity contribution in [2.75, 3.05) is 18.0 Å². The van der Waals surface area contributed by atoms with Gasteiger partial charge in [0.2, 0.25) is 0 Å². The molecular formula is C12H16ClN3O2. The topological polar surface area (TPSA) is 58.4 Å². The summed E-state index contributed by atoms with van der Waals surface area (Å²) in [6.45, 7) is 5.62. The summed E-state index contributed by atoms with van der Waals surface area (Å²) in [4.78, 5) is 12.7. The highest BCUT2D eigenvalue weighted by molar-refractivity contribution is 6.31. The molecule has 1 fully saturated rings. The minimum atomic E-state index is -0.358. The molecular weight excluding hydrogens is 254 g/mol. The number of hydrogen-bond donors (Lipinski definition) is 1. The Morgan fingerprint density at radius 2 is 2.00 bits per heavy atom. The summed E-state index contributed by atoms with van der Waals surface area (Å²) in [6.07, 6.45) is 0. The van der Waals surface area contributed by atoms with E-state index in [2.05, 4.69) is 19.2 Å². The summed E-state index contributed by atoms with van der Waals surface area (Å²) in [5.41, 5.74) is 0.716. The second-order valence-corrected chi connectivity index (χ2v) is 5.20. The maximum Gasteiger partial charge on any atom is 0.292 e. The average Bonchev–Trinajstić information content (AvgIpc) is 2.27. The van der Waals surface area contributed by atoms with Crippen LogP contribution in [0.1, 0.15) is 13.8 Å². The number of nitrogens with zero attached hydrogens (tertiary/aromatic N) is 2. The molecule has 0 unspecified atom stereocenters. The van der Waals surface area contributed by atoms with Gasteiger partial charge in [0.1, 0.15) is 5.69 Å². The first kappa shape index (κ1) is 13.1. The van der Waals surface area contributed by atoms with Gasteiger partial charge in [-0.15, -0.1) is 0 Å². The predicted molar refractivity (Wildman–Crippen MR) is 72.4 cm³/mol. The van der Waals surface area contributed by atoms with Gasteiger partial charge in [-0.3, -0.25) is 10.1 Å². The van der Waals surface area contributed by atoms with Gasteiger partial charge in [-0.2, -0.15) is 0 Å². The lowest BCUT2D eigenvalue weighted by molar-refractivity contribution is -0.384. The molecule has 1 aromatic rings. The van der Waals surface area contributed by atoms with E-state index < -0.39 is 0 Å². The highest BCUT2D eigenvalue weighted by atomic mass is 35.5. The smallest absolute Gasteiger partial charge is 0.292 e. The largest absolute Gasteiger partial charge is 0.363 e. The van der Waals surface area contributed by atoms with Crippen LogP contribution in [-0.4, -0.2) is 30.1 Å².